The van der Waals surface area contributed by atoms with Crippen molar-refractivity contribution < 1.29 is 14.6 Å². The molecular weight excluding hydrogens is 296 g/mol. The van der Waals surface area contributed by atoms with Crippen molar-refractivity contribution in [3.8, 4) is 0 Å². The van der Waals surface area contributed by atoms with Gasteiger partial charge in [0.25, 0.3) is 11.5 Å². The first-order chi connectivity index (χ1) is 8.09. The molecule has 2 unspecified atom stereocenters. The number of aliphatic hydroxyl groups excluding tert-OH is 1. The Balaban J connectivity index is 2.39. The van der Waals surface area contributed by atoms with E-state index in [1.807, 2.05) is 0 Å². The maximum absolute atomic E-state index is 12.0. The summed E-state index contributed by atoms with van der Waals surface area (Å²) in [6.45, 7) is -0.182. The molecule has 0 aliphatic carbocycles. The van der Waals surface area contributed by atoms with Crippen molar-refractivity contribution >= 4 is 15.9 Å². The molecule has 3 heterocycles. The molecule has 8 heteroatoms. The molecule has 1 fully saturated rings. The van der Waals surface area contributed by atoms with Gasteiger partial charge in [-0.1, -0.05) is 0 Å². The van der Waals surface area contributed by atoms with E-state index in [9.17, 15) is 14.7 Å². The first-order valence-electron chi connectivity index (χ1n) is 5.06. The van der Waals surface area contributed by atoms with E-state index >= 15 is 0 Å². The van der Waals surface area contributed by atoms with E-state index in [-0.39, 0.29) is 4.47 Å². The van der Waals surface area contributed by atoms with Crippen LogP contribution in [0, 0.1) is 0 Å². The number of ether oxygens (including phenoxy) is 2. The van der Waals surface area contributed by atoms with E-state index in [0.29, 0.717) is 13.0 Å². The van der Waals surface area contributed by atoms with Gasteiger partial charge in [-0.3, -0.25) is 4.79 Å². The molecule has 0 spiro atoms. The van der Waals surface area contributed by atoms with Crippen LogP contribution in [0.2, 0.25) is 0 Å². The molecule has 1 saturated heterocycles. The van der Waals surface area contributed by atoms with Gasteiger partial charge in [-0.25, -0.2) is 13.9 Å². The fraction of sp³-hybridized carbons (Fsp3) is 0.556. The Morgan fingerprint density at radius 1 is 1.59 bits per heavy atom. The van der Waals surface area contributed by atoms with Crippen LogP contribution in [0.4, 0.5) is 0 Å². The largest absolute Gasteiger partial charge is 0.389 e. The molecule has 0 aromatic carbocycles. The first-order valence-corrected chi connectivity index (χ1v) is 5.85. The van der Waals surface area contributed by atoms with Gasteiger partial charge in [0.15, 0.2) is 0 Å². The predicted octanol–water partition coefficient (Wildman–Crippen LogP) is -0.676. The molecule has 0 radical (unpaired) electrons. The zero-order valence-corrected chi connectivity index (χ0v) is 10.2. The zero-order chi connectivity index (χ0) is 12.2. The van der Waals surface area contributed by atoms with Crippen molar-refractivity contribution in [3.05, 3.63) is 31.5 Å². The standard InChI is InChI=1S/C9H9BrN2O5/c10-5-3-11-8(15)12(7(5)14)6-1-2-16-9(11,4-13)17-6/h3,6,13H,1-2,4H2. The van der Waals surface area contributed by atoms with E-state index in [2.05, 4.69) is 15.9 Å². The molecule has 2 aliphatic heterocycles. The highest BCUT2D eigenvalue weighted by Gasteiger charge is 2.47. The maximum Gasteiger partial charge on any atom is 0.337 e. The second-order valence-electron chi connectivity index (χ2n) is 3.89. The van der Waals surface area contributed by atoms with Crippen molar-refractivity contribution in [2.45, 2.75) is 18.6 Å². The lowest BCUT2D eigenvalue weighted by Crippen LogP contribution is -2.62. The molecule has 1 aromatic rings. The molecule has 1 aromatic heterocycles. The lowest BCUT2D eigenvalue weighted by molar-refractivity contribution is -0.384. The minimum absolute atomic E-state index is 0.230. The second kappa shape index (κ2) is 3.52. The minimum atomic E-state index is -1.50. The zero-order valence-electron chi connectivity index (χ0n) is 8.63. The fourth-order valence-corrected chi connectivity index (χ4v) is 2.53. The average Bonchev–Trinajstić information content (AvgIpc) is 2.33. The predicted molar refractivity (Wildman–Crippen MR) is 58.4 cm³/mol. The topological polar surface area (TPSA) is 82.7 Å². The Kier molecular flexibility index (Phi) is 2.31. The third kappa shape index (κ3) is 1.32. The minimum Gasteiger partial charge on any atom is -0.389 e. The molecule has 2 atom stereocenters. The molecule has 92 valence electrons. The summed E-state index contributed by atoms with van der Waals surface area (Å²) in [5, 5.41) is 9.38. The number of halogens is 1. The third-order valence-corrected chi connectivity index (χ3v) is 3.49. The Morgan fingerprint density at radius 3 is 3.06 bits per heavy atom. The van der Waals surface area contributed by atoms with Crippen LogP contribution in [0.15, 0.2) is 20.3 Å². The molecule has 17 heavy (non-hydrogen) atoms. The number of hydrogen-bond acceptors (Lipinski definition) is 5. The second-order valence-corrected chi connectivity index (χ2v) is 4.74. The van der Waals surface area contributed by atoms with Gasteiger partial charge in [0.2, 0.25) is 0 Å². The maximum atomic E-state index is 12.0. The van der Waals surface area contributed by atoms with Gasteiger partial charge >= 0.3 is 5.69 Å². The quantitative estimate of drug-likeness (QED) is 0.744. The number of rotatable bonds is 1. The van der Waals surface area contributed by atoms with Crippen LogP contribution in [-0.4, -0.2) is 27.5 Å². The number of nitrogens with zero attached hydrogens (tertiary/aromatic N) is 2. The Hall–Kier alpha value is -0.960. The van der Waals surface area contributed by atoms with E-state index in [1.54, 1.807) is 0 Å². The van der Waals surface area contributed by atoms with Gasteiger partial charge in [-0.05, 0) is 15.9 Å². The smallest absolute Gasteiger partial charge is 0.337 e. The fourth-order valence-electron chi connectivity index (χ4n) is 2.13. The van der Waals surface area contributed by atoms with Gasteiger partial charge in [0, 0.05) is 12.6 Å². The lowest BCUT2D eigenvalue weighted by Gasteiger charge is -2.44. The molecule has 0 saturated carbocycles. The van der Waals surface area contributed by atoms with Gasteiger partial charge < -0.3 is 14.6 Å². The SMILES string of the molecule is O=c1c(Br)cn2c(=O)n1C1CCOC2(CO)O1. The summed E-state index contributed by atoms with van der Waals surface area (Å²) in [5.74, 6) is -1.50. The summed E-state index contributed by atoms with van der Waals surface area (Å²) >= 11 is 3.08. The van der Waals surface area contributed by atoms with Gasteiger partial charge in [-0.2, -0.15) is 0 Å². The molecule has 2 aliphatic rings. The van der Waals surface area contributed by atoms with Crippen LogP contribution in [-0.2, 0) is 15.4 Å². The van der Waals surface area contributed by atoms with Crippen molar-refractivity contribution in [3.63, 3.8) is 0 Å². The number of aromatic nitrogens is 2. The van der Waals surface area contributed by atoms with E-state index < -0.39 is 30.0 Å². The summed E-state index contributed by atoms with van der Waals surface area (Å²) < 4.78 is 13.2. The van der Waals surface area contributed by atoms with Crippen molar-refractivity contribution in [1.82, 2.24) is 9.13 Å². The average molecular weight is 305 g/mol. The van der Waals surface area contributed by atoms with Crippen LogP contribution in [0.5, 0.6) is 0 Å². The summed E-state index contributed by atoms with van der Waals surface area (Å²) in [6.07, 6.45) is 0.986. The summed E-state index contributed by atoms with van der Waals surface area (Å²) in [4.78, 5) is 23.9. The molecular formula is C9H9BrN2O5. The summed E-state index contributed by atoms with van der Waals surface area (Å²) in [5.41, 5.74) is -0.979. The van der Waals surface area contributed by atoms with Crippen molar-refractivity contribution in [1.29, 1.82) is 0 Å². The Bertz CT molecular complexity index is 594. The van der Waals surface area contributed by atoms with E-state index in [0.717, 1.165) is 9.13 Å². The molecule has 3 rings (SSSR count). The molecule has 4 bridgehead atoms. The van der Waals surface area contributed by atoms with Crippen LogP contribution in [0.1, 0.15) is 12.6 Å². The van der Waals surface area contributed by atoms with Crippen LogP contribution in [0.25, 0.3) is 0 Å². The molecule has 7 nitrogen and oxygen atoms in total. The summed E-state index contributed by atoms with van der Waals surface area (Å²) in [7, 11) is 0. The lowest BCUT2D eigenvalue weighted by atomic mass is 10.3. The number of hydrogen-bond donors (Lipinski definition) is 1. The number of fused-ring (bicyclic) bond motifs is 6. The highest BCUT2D eigenvalue weighted by molar-refractivity contribution is 9.10. The third-order valence-electron chi connectivity index (χ3n) is 2.95. The van der Waals surface area contributed by atoms with Crippen LogP contribution in [0.3, 0.4) is 0 Å². The van der Waals surface area contributed by atoms with Crippen molar-refractivity contribution in [2.75, 3.05) is 13.2 Å². The molecule has 0 amide bonds. The number of aliphatic hydroxyl groups is 1. The van der Waals surface area contributed by atoms with Crippen molar-refractivity contribution in [2.24, 2.45) is 0 Å². The highest BCUT2D eigenvalue weighted by atomic mass is 79.9. The van der Waals surface area contributed by atoms with Gasteiger partial charge in [0.05, 0.1) is 11.1 Å². The Morgan fingerprint density at radius 2 is 2.35 bits per heavy atom. The monoisotopic (exact) mass is 304 g/mol. The highest BCUT2D eigenvalue weighted by Crippen LogP contribution is 2.34. The van der Waals surface area contributed by atoms with Gasteiger partial charge in [0.1, 0.15) is 12.8 Å². The van der Waals surface area contributed by atoms with Crippen LogP contribution < -0.4 is 11.2 Å². The van der Waals surface area contributed by atoms with Crippen LogP contribution >= 0.6 is 15.9 Å². The normalized spacial score (nSPS) is 30.4. The first kappa shape index (κ1) is 11.1. The Labute approximate surface area is 103 Å². The summed E-state index contributed by atoms with van der Waals surface area (Å²) in [6, 6.07) is 0. The van der Waals surface area contributed by atoms with E-state index in [1.165, 1.54) is 6.20 Å². The van der Waals surface area contributed by atoms with Gasteiger partial charge in [-0.15, -0.1) is 0 Å². The molecule has 1 N–H and O–H groups in total. The van der Waals surface area contributed by atoms with E-state index in [4.69, 9.17) is 9.47 Å².